The standard InChI is InChI=1S/C26H26N6O3/c1-3-21(33)31-14-6-8-18(15-31)32-24-22(25(27)28-29-26(24)34)23(30-32)17-10-12-19(13-11-17)35-20-9-5-4-7-16(20)2/h3-5,7,9-13,18H,1,6,8,14-15H2,2H3,(H2,27,28)(H,29,34). The Balaban J connectivity index is 1.54. The number of ether oxygens (including phenoxy) is 1. The molecule has 1 saturated heterocycles. The molecule has 0 radical (unpaired) electrons. The third-order valence-electron chi connectivity index (χ3n) is 6.34. The average molecular weight is 471 g/mol. The molecule has 9 heteroatoms. The Morgan fingerprint density at radius 2 is 2.00 bits per heavy atom. The molecule has 1 amide bonds. The van der Waals surface area contributed by atoms with Crippen LogP contribution in [0.15, 0.2) is 66.0 Å². The molecular weight excluding hydrogens is 444 g/mol. The number of nitrogen functional groups attached to an aromatic ring is 1. The van der Waals surface area contributed by atoms with Gasteiger partial charge in [-0.2, -0.15) is 10.2 Å². The van der Waals surface area contributed by atoms with Gasteiger partial charge in [-0.15, -0.1) is 0 Å². The van der Waals surface area contributed by atoms with Crippen LogP contribution in [0.2, 0.25) is 0 Å². The van der Waals surface area contributed by atoms with Gasteiger partial charge in [-0.05, 0) is 61.7 Å². The molecule has 9 nitrogen and oxygen atoms in total. The second-order valence-electron chi connectivity index (χ2n) is 8.63. The molecule has 1 aliphatic rings. The quantitative estimate of drug-likeness (QED) is 0.428. The molecule has 3 N–H and O–H groups in total. The molecule has 0 aliphatic carbocycles. The van der Waals surface area contributed by atoms with Crippen LogP contribution in [0.4, 0.5) is 5.82 Å². The Kier molecular flexibility index (Phi) is 5.82. The predicted octanol–water partition coefficient (Wildman–Crippen LogP) is 3.82. The Bertz CT molecular complexity index is 1470. The summed E-state index contributed by atoms with van der Waals surface area (Å²) in [7, 11) is 0. The molecule has 0 spiro atoms. The van der Waals surface area contributed by atoms with E-state index in [1.807, 2.05) is 55.5 Å². The normalized spacial score (nSPS) is 15.8. The number of anilines is 1. The largest absolute Gasteiger partial charge is 0.457 e. The van der Waals surface area contributed by atoms with Gasteiger partial charge in [0.15, 0.2) is 5.82 Å². The van der Waals surface area contributed by atoms with Crippen molar-refractivity contribution in [2.24, 2.45) is 0 Å². The Morgan fingerprint density at radius 1 is 1.23 bits per heavy atom. The van der Waals surface area contributed by atoms with E-state index in [4.69, 9.17) is 15.6 Å². The van der Waals surface area contributed by atoms with Gasteiger partial charge in [-0.3, -0.25) is 14.3 Å². The Hall–Kier alpha value is -4.40. The van der Waals surface area contributed by atoms with Crippen LogP contribution in [0.1, 0.15) is 24.4 Å². The van der Waals surface area contributed by atoms with Crippen LogP contribution >= 0.6 is 0 Å². The number of fused-ring (bicyclic) bond motifs is 1. The van der Waals surface area contributed by atoms with Crippen molar-refractivity contribution in [1.82, 2.24) is 24.9 Å². The number of hydrogen-bond acceptors (Lipinski definition) is 6. The first-order chi connectivity index (χ1) is 17.0. The topological polar surface area (TPSA) is 119 Å². The van der Waals surface area contributed by atoms with Gasteiger partial charge < -0.3 is 15.4 Å². The molecule has 1 fully saturated rings. The molecule has 35 heavy (non-hydrogen) atoms. The summed E-state index contributed by atoms with van der Waals surface area (Å²) in [6.45, 7) is 6.66. The number of rotatable bonds is 5. The highest BCUT2D eigenvalue weighted by Gasteiger charge is 2.28. The summed E-state index contributed by atoms with van der Waals surface area (Å²) in [5.41, 5.74) is 8.57. The van der Waals surface area contributed by atoms with Crippen molar-refractivity contribution >= 4 is 22.6 Å². The first-order valence-corrected chi connectivity index (χ1v) is 11.5. The van der Waals surface area contributed by atoms with Crippen molar-refractivity contribution in [1.29, 1.82) is 0 Å². The predicted molar refractivity (Wildman–Crippen MR) is 134 cm³/mol. The van der Waals surface area contributed by atoms with E-state index < -0.39 is 0 Å². The number of nitrogens with two attached hydrogens (primary N) is 1. The lowest BCUT2D eigenvalue weighted by atomic mass is 10.1. The number of H-pyrrole nitrogens is 1. The van der Waals surface area contributed by atoms with E-state index in [2.05, 4.69) is 16.8 Å². The number of aromatic nitrogens is 4. The Labute approximate surface area is 201 Å². The van der Waals surface area contributed by atoms with Gasteiger partial charge in [0.1, 0.15) is 22.7 Å². The summed E-state index contributed by atoms with van der Waals surface area (Å²) in [6.07, 6.45) is 2.89. The molecule has 0 bridgehead atoms. The maximum atomic E-state index is 12.8. The number of hydrogen-bond donors (Lipinski definition) is 2. The second-order valence-corrected chi connectivity index (χ2v) is 8.63. The summed E-state index contributed by atoms with van der Waals surface area (Å²) in [5.74, 6) is 1.52. The molecule has 4 aromatic rings. The van der Waals surface area contributed by atoms with Crippen LogP contribution in [-0.4, -0.2) is 43.9 Å². The number of likely N-dealkylation sites (tertiary alicyclic amines) is 1. The summed E-state index contributed by atoms with van der Waals surface area (Å²) in [4.78, 5) is 26.8. The van der Waals surface area contributed by atoms with Crippen LogP contribution in [0.3, 0.4) is 0 Å². The van der Waals surface area contributed by atoms with Crippen molar-refractivity contribution in [3.05, 3.63) is 77.1 Å². The fourth-order valence-corrected chi connectivity index (χ4v) is 4.54. The number of aryl methyl sites for hydroxylation is 1. The minimum atomic E-state index is -0.375. The number of carbonyl (C=O) groups excluding carboxylic acids is 1. The number of amides is 1. The molecule has 178 valence electrons. The van der Waals surface area contributed by atoms with E-state index in [1.54, 1.807) is 9.58 Å². The molecule has 2 aromatic heterocycles. The minimum absolute atomic E-state index is 0.134. The lowest BCUT2D eigenvalue weighted by Gasteiger charge is -2.32. The summed E-state index contributed by atoms with van der Waals surface area (Å²) in [5, 5.41) is 11.8. The molecule has 1 atom stereocenters. The fourth-order valence-electron chi connectivity index (χ4n) is 4.54. The number of para-hydroxylation sites is 1. The lowest BCUT2D eigenvalue weighted by molar-refractivity contribution is -0.127. The number of nitrogens with zero attached hydrogens (tertiary/aromatic N) is 4. The third-order valence-corrected chi connectivity index (χ3v) is 6.34. The van der Waals surface area contributed by atoms with E-state index in [0.29, 0.717) is 35.4 Å². The minimum Gasteiger partial charge on any atom is -0.457 e. The highest BCUT2D eigenvalue weighted by Crippen LogP contribution is 2.34. The average Bonchev–Trinajstić information content (AvgIpc) is 3.30. The van der Waals surface area contributed by atoms with E-state index in [-0.39, 0.29) is 23.3 Å². The monoisotopic (exact) mass is 470 g/mol. The maximum absolute atomic E-state index is 12.8. The van der Waals surface area contributed by atoms with Crippen molar-refractivity contribution in [2.75, 3.05) is 18.8 Å². The first kappa shape index (κ1) is 22.4. The summed E-state index contributed by atoms with van der Waals surface area (Å²) >= 11 is 0. The Morgan fingerprint density at radius 3 is 2.74 bits per heavy atom. The van der Waals surface area contributed by atoms with Gasteiger partial charge >= 0.3 is 0 Å². The number of carbonyl (C=O) groups is 1. The van der Waals surface area contributed by atoms with Crippen LogP contribution in [-0.2, 0) is 4.79 Å². The van der Waals surface area contributed by atoms with Crippen LogP contribution in [0.5, 0.6) is 11.5 Å². The van der Waals surface area contributed by atoms with Crippen molar-refractivity contribution in [2.45, 2.75) is 25.8 Å². The number of aromatic amines is 1. The SMILES string of the molecule is C=CC(=O)N1CCCC(n2nc(-c3ccc(Oc4ccccc4C)cc3)c3c(N)n[nH]c(=O)c32)C1. The molecular formula is C26H26N6O3. The molecule has 5 rings (SSSR count). The number of benzene rings is 2. The smallest absolute Gasteiger partial charge is 0.290 e. The van der Waals surface area contributed by atoms with Gasteiger partial charge in [0, 0.05) is 18.7 Å². The fraction of sp³-hybridized carbons (Fsp3) is 0.231. The lowest BCUT2D eigenvalue weighted by Crippen LogP contribution is -2.40. The van der Waals surface area contributed by atoms with Gasteiger partial charge in [0.05, 0.1) is 11.4 Å². The molecule has 2 aromatic carbocycles. The van der Waals surface area contributed by atoms with E-state index in [1.165, 1.54) is 6.08 Å². The summed E-state index contributed by atoms with van der Waals surface area (Å²) < 4.78 is 7.71. The zero-order chi connectivity index (χ0) is 24.5. The second kappa shape index (κ2) is 9.09. The van der Waals surface area contributed by atoms with Gasteiger partial charge in [0.2, 0.25) is 5.91 Å². The van der Waals surface area contributed by atoms with E-state index >= 15 is 0 Å². The van der Waals surface area contributed by atoms with Gasteiger partial charge in [-0.25, -0.2) is 5.10 Å². The maximum Gasteiger partial charge on any atom is 0.290 e. The first-order valence-electron chi connectivity index (χ1n) is 11.5. The van der Waals surface area contributed by atoms with Crippen LogP contribution in [0.25, 0.3) is 22.2 Å². The van der Waals surface area contributed by atoms with Crippen LogP contribution < -0.4 is 16.0 Å². The zero-order valence-electron chi connectivity index (χ0n) is 19.4. The highest BCUT2D eigenvalue weighted by molar-refractivity contribution is 5.99. The molecule has 1 aliphatic heterocycles. The number of piperidine rings is 1. The highest BCUT2D eigenvalue weighted by atomic mass is 16.5. The zero-order valence-corrected chi connectivity index (χ0v) is 19.4. The summed E-state index contributed by atoms with van der Waals surface area (Å²) in [6, 6.07) is 15.1. The van der Waals surface area contributed by atoms with Crippen LogP contribution in [0, 0.1) is 6.92 Å². The van der Waals surface area contributed by atoms with Gasteiger partial charge in [0.25, 0.3) is 5.56 Å². The van der Waals surface area contributed by atoms with Crippen molar-refractivity contribution < 1.29 is 9.53 Å². The van der Waals surface area contributed by atoms with E-state index in [0.717, 1.165) is 29.7 Å². The van der Waals surface area contributed by atoms with Gasteiger partial charge in [-0.1, -0.05) is 24.8 Å². The van der Waals surface area contributed by atoms with Crippen molar-refractivity contribution in [3.8, 4) is 22.8 Å². The number of nitrogens with one attached hydrogen (secondary N) is 1. The molecule has 1 unspecified atom stereocenters. The van der Waals surface area contributed by atoms with E-state index in [9.17, 15) is 9.59 Å². The van der Waals surface area contributed by atoms with Crippen molar-refractivity contribution in [3.63, 3.8) is 0 Å². The third kappa shape index (κ3) is 4.16. The molecule has 3 heterocycles. The molecule has 0 saturated carbocycles.